The number of rotatable bonds is 5. The number of carbonyl (C=O) groups is 1. The van der Waals surface area contributed by atoms with Crippen LogP contribution < -0.4 is 0 Å². The van der Waals surface area contributed by atoms with Crippen molar-refractivity contribution in [1.29, 1.82) is 0 Å². The second-order valence-electron chi connectivity index (χ2n) is 5.43. The van der Waals surface area contributed by atoms with Crippen molar-refractivity contribution in [2.24, 2.45) is 0 Å². The van der Waals surface area contributed by atoms with Gasteiger partial charge in [-0.05, 0) is 19.1 Å². The highest BCUT2D eigenvalue weighted by Crippen LogP contribution is 2.20. The van der Waals surface area contributed by atoms with E-state index in [0.29, 0.717) is 19.4 Å². The number of aromatic nitrogens is 1. The number of carbonyl (C=O) groups excluding carboxylic acids is 1. The minimum atomic E-state index is 0.0566. The van der Waals surface area contributed by atoms with Crippen molar-refractivity contribution in [2.45, 2.75) is 26.3 Å². The SMILES string of the molecule is Cc1cc(CN(C)C(=O)CCc2cc3ccccc3o2)no1. The molecule has 0 spiro atoms. The monoisotopic (exact) mass is 298 g/mol. The molecule has 3 aromatic rings. The Labute approximate surface area is 128 Å². The Morgan fingerprint density at radius 3 is 2.82 bits per heavy atom. The van der Waals surface area contributed by atoms with Crippen LogP contribution in [0, 0.1) is 6.92 Å². The van der Waals surface area contributed by atoms with Crippen molar-refractivity contribution in [3.63, 3.8) is 0 Å². The lowest BCUT2D eigenvalue weighted by Crippen LogP contribution is -2.26. The van der Waals surface area contributed by atoms with E-state index in [-0.39, 0.29) is 5.91 Å². The van der Waals surface area contributed by atoms with Crippen LogP contribution in [0.5, 0.6) is 0 Å². The van der Waals surface area contributed by atoms with Gasteiger partial charge in [0.15, 0.2) is 0 Å². The number of hydrogen-bond donors (Lipinski definition) is 0. The first-order chi connectivity index (χ1) is 10.6. The average molecular weight is 298 g/mol. The van der Waals surface area contributed by atoms with Gasteiger partial charge in [0.1, 0.15) is 22.8 Å². The van der Waals surface area contributed by atoms with E-state index in [4.69, 9.17) is 8.94 Å². The second-order valence-corrected chi connectivity index (χ2v) is 5.43. The van der Waals surface area contributed by atoms with Gasteiger partial charge in [-0.25, -0.2) is 0 Å². The van der Waals surface area contributed by atoms with E-state index in [1.54, 1.807) is 11.9 Å². The molecular formula is C17H18N2O3. The van der Waals surface area contributed by atoms with E-state index in [9.17, 15) is 4.79 Å². The predicted molar refractivity (Wildman–Crippen MR) is 82.2 cm³/mol. The molecule has 5 heteroatoms. The molecule has 0 bridgehead atoms. The van der Waals surface area contributed by atoms with Crippen molar-refractivity contribution in [1.82, 2.24) is 10.1 Å². The maximum absolute atomic E-state index is 12.2. The number of benzene rings is 1. The van der Waals surface area contributed by atoms with Crippen LogP contribution in [0.3, 0.4) is 0 Å². The minimum Gasteiger partial charge on any atom is -0.461 e. The molecule has 0 atom stereocenters. The molecule has 0 N–H and O–H groups in total. The third-order valence-electron chi connectivity index (χ3n) is 3.56. The number of amides is 1. The van der Waals surface area contributed by atoms with E-state index >= 15 is 0 Å². The summed E-state index contributed by atoms with van der Waals surface area (Å²) in [6.45, 7) is 2.29. The largest absolute Gasteiger partial charge is 0.461 e. The fraction of sp³-hybridized carbons (Fsp3) is 0.294. The van der Waals surface area contributed by atoms with Crippen LogP contribution in [0.25, 0.3) is 11.0 Å². The lowest BCUT2D eigenvalue weighted by Gasteiger charge is -2.14. The van der Waals surface area contributed by atoms with Crippen LogP contribution >= 0.6 is 0 Å². The molecule has 0 radical (unpaired) electrons. The van der Waals surface area contributed by atoms with Crippen LogP contribution in [0.15, 0.2) is 45.3 Å². The number of furan rings is 1. The summed E-state index contributed by atoms with van der Waals surface area (Å²) in [5, 5.41) is 4.96. The van der Waals surface area contributed by atoms with Crippen molar-refractivity contribution >= 4 is 16.9 Å². The molecule has 0 fully saturated rings. The lowest BCUT2D eigenvalue weighted by molar-refractivity contribution is -0.130. The highest BCUT2D eigenvalue weighted by molar-refractivity contribution is 5.78. The molecule has 0 aliphatic rings. The van der Waals surface area contributed by atoms with E-state index in [1.165, 1.54) is 0 Å². The molecular weight excluding hydrogens is 280 g/mol. The van der Waals surface area contributed by atoms with Crippen molar-refractivity contribution in [2.75, 3.05) is 7.05 Å². The van der Waals surface area contributed by atoms with Gasteiger partial charge in [-0.1, -0.05) is 23.4 Å². The number of para-hydroxylation sites is 1. The van der Waals surface area contributed by atoms with Crippen LogP contribution in [0.2, 0.25) is 0 Å². The van der Waals surface area contributed by atoms with Crippen LogP contribution in [0.1, 0.15) is 23.6 Å². The summed E-state index contributed by atoms with van der Waals surface area (Å²) in [7, 11) is 1.77. The zero-order chi connectivity index (χ0) is 15.5. The summed E-state index contributed by atoms with van der Waals surface area (Å²) in [6, 6.07) is 11.7. The molecule has 22 heavy (non-hydrogen) atoms. The van der Waals surface area contributed by atoms with Gasteiger partial charge in [0.25, 0.3) is 0 Å². The van der Waals surface area contributed by atoms with Gasteiger partial charge in [-0.3, -0.25) is 4.79 Å². The van der Waals surface area contributed by atoms with Crippen LogP contribution in [-0.4, -0.2) is 23.0 Å². The van der Waals surface area contributed by atoms with Crippen LogP contribution in [-0.2, 0) is 17.8 Å². The fourth-order valence-electron chi connectivity index (χ4n) is 2.40. The molecule has 114 valence electrons. The quantitative estimate of drug-likeness (QED) is 0.725. The first-order valence-electron chi connectivity index (χ1n) is 7.25. The predicted octanol–water partition coefficient (Wildman–Crippen LogP) is 3.32. The van der Waals surface area contributed by atoms with Gasteiger partial charge in [-0.15, -0.1) is 0 Å². The number of fused-ring (bicyclic) bond motifs is 1. The maximum atomic E-state index is 12.2. The van der Waals surface area contributed by atoms with E-state index in [2.05, 4.69) is 5.16 Å². The summed E-state index contributed by atoms with van der Waals surface area (Å²) in [5.74, 6) is 1.64. The standard InChI is InChI=1S/C17H18N2O3/c1-12-9-14(18-22-12)11-19(2)17(20)8-7-15-10-13-5-3-4-6-16(13)21-15/h3-6,9-10H,7-8,11H2,1-2H3. The Kier molecular flexibility index (Phi) is 3.96. The van der Waals surface area contributed by atoms with E-state index < -0.39 is 0 Å². The lowest BCUT2D eigenvalue weighted by atomic mass is 10.2. The van der Waals surface area contributed by atoms with Gasteiger partial charge in [0.2, 0.25) is 5.91 Å². The summed E-state index contributed by atoms with van der Waals surface area (Å²) < 4.78 is 10.7. The van der Waals surface area contributed by atoms with Gasteiger partial charge in [0.05, 0.1) is 6.54 Å². The molecule has 0 saturated heterocycles. The smallest absolute Gasteiger partial charge is 0.223 e. The topological polar surface area (TPSA) is 59.5 Å². The van der Waals surface area contributed by atoms with E-state index in [1.807, 2.05) is 43.3 Å². The minimum absolute atomic E-state index is 0.0566. The van der Waals surface area contributed by atoms with E-state index in [0.717, 1.165) is 28.2 Å². The average Bonchev–Trinajstić information content (AvgIpc) is 3.10. The Morgan fingerprint density at radius 2 is 2.09 bits per heavy atom. The van der Waals surface area contributed by atoms with Gasteiger partial charge in [0, 0.05) is 31.3 Å². The summed E-state index contributed by atoms with van der Waals surface area (Å²) in [5.41, 5.74) is 1.62. The van der Waals surface area contributed by atoms with Crippen molar-refractivity contribution in [3.05, 3.63) is 53.6 Å². The Balaban J connectivity index is 1.57. The molecule has 2 aromatic heterocycles. The summed E-state index contributed by atoms with van der Waals surface area (Å²) in [6.07, 6.45) is 1.00. The molecule has 0 aliphatic heterocycles. The molecule has 0 unspecified atom stereocenters. The van der Waals surface area contributed by atoms with Gasteiger partial charge >= 0.3 is 0 Å². The fourth-order valence-corrected chi connectivity index (χ4v) is 2.40. The normalized spacial score (nSPS) is 11.0. The first-order valence-corrected chi connectivity index (χ1v) is 7.25. The van der Waals surface area contributed by atoms with Crippen LogP contribution in [0.4, 0.5) is 0 Å². The van der Waals surface area contributed by atoms with Gasteiger partial charge < -0.3 is 13.8 Å². The van der Waals surface area contributed by atoms with Gasteiger partial charge in [-0.2, -0.15) is 0 Å². The summed E-state index contributed by atoms with van der Waals surface area (Å²) in [4.78, 5) is 13.8. The number of aryl methyl sites for hydroxylation is 2. The molecule has 1 aromatic carbocycles. The highest BCUT2D eigenvalue weighted by Gasteiger charge is 2.13. The first kappa shape index (κ1) is 14.4. The molecule has 0 aliphatic carbocycles. The van der Waals surface area contributed by atoms with Crippen molar-refractivity contribution < 1.29 is 13.7 Å². The van der Waals surface area contributed by atoms with Crippen molar-refractivity contribution in [3.8, 4) is 0 Å². The zero-order valence-corrected chi connectivity index (χ0v) is 12.7. The Bertz CT molecular complexity index is 755. The third-order valence-corrected chi connectivity index (χ3v) is 3.56. The molecule has 1 amide bonds. The zero-order valence-electron chi connectivity index (χ0n) is 12.7. The summed E-state index contributed by atoms with van der Waals surface area (Å²) >= 11 is 0. The molecule has 0 saturated carbocycles. The Hall–Kier alpha value is -2.56. The maximum Gasteiger partial charge on any atom is 0.223 e. The highest BCUT2D eigenvalue weighted by atomic mass is 16.5. The number of hydrogen-bond acceptors (Lipinski definition) is 4. The third kappa shape index (κ3) is 3.19. The second kappa shape index (κ2) is 6.05. The molecule has 5 nitrogen and oxygen atoms in total. The Morgan fingerprint density at radius 1 is 1.27 bits per heavy atom. The number of nitrogens with zero attached hydrogens (tertiary/aromatic N) is 2. The molecule has 3 rings (SSSR count). The molecule has 2 heterocycles.